The topological polar surface area (TPSA) is 3.88 Å². The number of pyridine rings is 1. The molecule has 0 N–H and O–H groups in total. The van der Waals surface area contributed by atoms with Crippen LogP contribution in [0, 0.1) is 0 Å². The van der Waals surface area contributed by atoms with Gasteiger partial charge in [0.25, 0.3) is 0 Å². The summed E-state index contributed by atoms with van der Waals surface area (Å²) in [7, 11) is 0. The van der Waals surface area contributed by atoms with Crippen LogP contribution < -0.4 is 4.57 Å². The number of hydrogen-bond acceptors (Lipinski definition) is 0. The summed E-state index contributed by atoms with van der Waals surface area (Å²) in [6.07, 6.45) is 5.37. The molecule has 1 aromatic rings. The van der Waals surface area contributed by atoms with Gasteiger partial charge in [-0.15, -0.1) is 0 Å². The highest BCUT2D eigenvalue weighted by molar-refractivity contribution is 14.1. The van der Waals surface area contributed by atoms with Crippen LogP contribution in [0.2, 0.25) is 0 Å². The summed E-state index contributed by atoms with van der Waals surface area (Å²) in [5, 5.41) is 0. The quantitative estimate of drug-likeness (QED) is 0.429. The van der Waals surface area contributed by atoms with Crippen LogP contribution in [0.15, 0.2) is 30.6 Å². The van der Waals surface area contributed by atoms with E-state index in [2.05, 4.69) is 58.6 Å². The second-order valence-electron chi connectivity index (χ2n) is 2.17. The Morgan fingerprint density at radius 1 is 1.30 bits per heavy atom. The molecule has 0 saturated carbocycles. The van der Waals surface area contributed by atoms with Gasteiger partial charge in [-0.2, -0.15) is 4.57 Å². The average molecular weight is 248 g/mol. The number of rotatable bonds is 2. The maximum Gasteiger partial charge on any atom is 0.206 e. The third-order valence-electron chi connectivity index (χ3n) is 1.40. The summed E-state index contributed by atoms with van der Waals surface area (Å²) in [5.74, 6) is 0. The highest BCUT2D eigenvalue weighted by atomic mass is 127. The van der Waals surface area contributed by atoms with Crippen LogP contribution in [0.25, 0.3) is 0 Å². The van der Waals surface area contributed by atoms with Gasteiger partial charge in [0.15, 0.2) is 12.4 Å². The van der Waals surface area contributed by atoms with E-state index in [1.54, 1.807) is 0 Å². The van der Waals surface area contributed by atoms with Gasteiger partial charge >= 0.3 is 0 Å². The zero-order chi connectivity index (χ0) is 7.40. The van der Waals surface area contributed by atoms with Gasteiger partial charge in [0, 0.05) is 18.6 Å². The largest absolute Gasteiger partial charge is 0.206 e. The number of nitrogens with zero attached hydrogens (tertiary/aromatic N) is 1. The summed E-state index contributed by atoms with van der Waals surface area (Å²) in [6.45, 7) is 2.19. The first-order chi connectivity index (χ1) is 4.84. The van der Waals surface area contributed by atoms with Crippen LogP contribution in [-0.4, -0.2) is 0 Å². The smallest absolute Gasteiger partial charge is 0.193 e. The molecule has 1 aromatic heterocycles. The molecule has 0 bridgehead atoms. The van der Waals surface area contributed by atoms with E-state index in [-0.39, 0.29) is 0 Å². The van der Waals surface area contributed by atoms with Crippen molar-refractivity contribution in [1.29, 1.82) is 0 Å². The van der Waals surface area contributed by atoms with Crippen molar-refractivity contribution >= 4 is 22.6 Å². The predicted octanol–water partition coefficient (Wildman–Crippen LogP) is 2.32. The fourth-order valence-electron chi connectivity index (χ4n) is 0.810. The van der Waals surface area contributed by atoms with Crippen molar-refractivity contribution in [2.24, 2.45) is 0 Å². The van der Waals surface area contributed by atoms with E-state index in [4.69, 9.17) is 0 Å². The first-order valence-corrected chi connectivity index (χ1v) is 4.69. The molecule has 1 rings (SSSR count). The summed E-state index contributed by atoms with van der Waals surface area (Å²) in [4.78, 5) is 0. The van der Waals surface area contributed by atoms with Crippen molar-refractivity contribution in [3.8, 4) is 0 Å². The number of halogens is 1. The molecule has 2 heteroatoms. The fraction of sp³-hybridized carbons (Fsp3) is 0.375. The maximum atomic E-state index is 2.43. The Bertz CT molecular complexity index is 186. The monoisotopic (exact) mass is 248 g/mol. The molecular weight excluding hydrogens is 237 g/mol. The minimum Gasteiger partial charge on any atom is -0.193 e. The Morgan fingerprint density at radius 2 is 1.90 bits per heavy atom. The van der Waals surface area contributed by atoms with E-state index >= 15 is 0 Å². The molecule has 54 valence electrons. The van der Waals surface area contributed by atoms with E-state index < -0.39 is 0 Å². The van der Waals surface area contributed by atoms with Crippen molar-refractivity contribution in [3.63, 3.8) is 0 Å². The Kier molecular flexibility index (Phi) is 3.12. The molecule has 1 nitrogen and oxygen atoms in total. The Hall–Kier alpha value is -0.120. The minimum absolute atomic E-state index is 0.596. The first-order valence-electron chi connectivity index (χ1n) is 3.44. The van der Waals surface area contributed by atoms with Gasteiger partial charge in [-0.1, -0.05) is 13.0 Å². The van der Waals surface area contributed by atoms with E-state index in [9.17, 15) is 0 Å². The second-order valence-corrected chi connectivity index (χ2v) is 3.60. The van der Waals surface area contributed by atoms with Gasteiger partial charge in [0.05, 0.1) is 0 Å². The molecule has 1 atom stereocenters. The first kappa shape index (κ1) is 7.98. The minimum atomic E-state index is 0.596. The fourth-order valence-corrected chi connectivity index (χ4v) is 1.18. The highest BCUT2D eigenvalue weighted by Crippen LogP contribution is 2.09. The average Bonchev–Trinajstić information content (AvgIpc) is 2.05. The molecule has 0 aliphatic rings. The van der Waals surface area contributed by atoms with Crippen LogP contribution in [0.3, 0.4) is 0 Å². The van der Waals surface area contributed by atoms with E-state index in [0.29, 0.717) is 4.05 Å². The van der Waals surface area contributed by atoms with Gasteiger partial charge in [-0.25, -0.2) is 0 Å². The summed E-state index contributed by atoms with van der Waals surface area (Å²) >= 11 is 2.43. The Morgan fingerprint density at radius 3 is 2.40 bits per heavy atom. The van der Waals surface area contributed by atoms with Gasteiger partial charge in [0.2, 0.25) is 4.05 Å². The molecule has 0 fully saturated rings. The van der Waals surface area contributed by atoms with Crippen molar-refractivity contribution in [2.45, 2.75) is 17.4 Å². The molecule has 0 radical (unpaired) electrons. The van der Waals surface area contributed by atoms with Gasteiger partial charge in [-0.3, -0.25) is 0 Å². The lowest BCUT2D eigenvalue weighted by Gasteiger charge is -1.99. The third kappa shape index (κ3) is 1.94. The van der Waals surface area contributed by atoms with Crippen molar-refractivity contribution in [1.82, 2.24) is 0 Å². The standard InChI is InChI=1S/C8H11IN/c1-2-8(9)10-6-4-3-5-7-10/h3-8H,2H2,1H3/q+1. The van der Waals surface area contributed by atoms with Gasteiger partial charge < -0.3 is 0 Å². The van der Waals surface area contributed by atoms with E-state index in [0.717, 1.165) is 0 Å². The SMILES string of the molecule is CCC(I)[n+]1ccccc1. The summed E-state index contributed by atoms with van der Waals surface area (Å²) in [6, 6.07) is 6.15. The lowest BCUT2D eigenvalue weighted by molar-refractivity contribution is -0.694. The highest BCUT2D eigenvalue weighted by Gasteiger charge is 2.07. The molecule has 0 spiro atoms. The molecule has 0 aliphatic heterocycles. The molecule has 0 amide bonds. The van der Waals surface area contributed by atoms with Crippen LogP contribution in [0.4, 0.5) is 0 Å². The maximum absolute atomic E-state index is 2.43. The number of alkyl halides is 1. The zero-order valence-electron chi connectivity index (χ0n) is 6.00. The molecule has 0 aliphatic carbocycles. The normalized spacial score (nSPS) is 13.0. The lowest BCUT2D eigenvalue weighted by Crippen LogP contribution is -2.34. The second kappa shape index (κ2) is 3.91. The van der Waals surface area contributed by atoms with Crippen LogP contribution in [0.1, 0.15) is 17.4 Å². The Labute approximate surface area is 75.2 Å². The molecule has 1 heterocycles. The summed E-state index contributed by atoms with van der Waals surface area (Å²) < 4.78 is 2.80. The van der Waals surface area contributed by atoms with E-state index in [1.165, 1.54) is 6.42 Å². The van der Waals surface area contributed by atoms with Crippen LogP contribution in [-0.2, 0) is 0 Å². The lowest BCUT2D eigenvalue weighted by atomic mass is 10.4. The number of aromatic nitrogens is 1. The number of hydrogen-bond donors (Lipinski definition) is 0. The van der Waals surface area contributed by atoms with Gasteiger partial charge in [-0.05, 0) is 22.6 Å². The molecule has 0 aromatic carbocycles. The Balaban J connectivity index is 2.75. The van der Waals surface area contributed by atoms with Crippen molar-refractivity contribution in [2.75, 3.05) is 0 Å². The molecule has 10 heavy (non-hydrogen) atoms. The summed E-state index contributed by atoms with van der Waals surface area (Å²) in [5.41, 5.74) is 0. The van der Waals surface area contributed by atoms with Crippen molar-refractivity contribution < 1.29 is 4.57 Å². The predicted molar refractivity (Wildman–Crippen MR) is 50.0 cm³/mol. The third-order valence-corrected chi connectivity index (χ3v) is 2.92. The molecule has 1 unspecified atom stereocenters. The van der Waals surface area contributed by atoms with Crippen molar-refractivity contribution in [3.05, 3.63) is 30.6 Å². The van der Waals surface area contributed by atoms with Gasteiger partial charge in [0.1, 0.15) is 0 Å². The van der Waals surface area contributed by atoms with E-state index in [1.807, 2.05) is 6.07 Å². The van der Waals surface area contributed by atoms with Crippen LogP contribution in [0.5, 0.6) is 0 Å². The molecular formula is C8H11IN+. The van der Waals surface area contributed by atoms with Crippen LogP contribution >= 0.6 is 22.6 Å². The molecule has 0 saturated heterocycles. The zero-order valence-corrected chi connectivity index (χ0v) is 8.15.